The van der Waals surface area contributed by atoms with E-state index in [1.807, 2.05) is 36.4 Å². The van der Waals surface area contributed by atoms with Crippen molar-refractivity contribution in [3.8, 4) is 0 Å². The standard InChI is InChI=1S/C25H29ClFN3O/c1-30(2)25(20-9-13-22(27)14-10-20)19-7-3-18(4-8-19)16-24-28-23(29-31-24)15-17-5-11-21(26)12-6-17/h5-6,9-14,18-19,25H,3-4,7-8,15-16H2,1-2H3. The first kappa shape index (κ1) is 22.0. The van der Waals surface area contributed by atoms with Gasteiger partial charge in [-0.1, -0.05) is 41.0 Å². The van der Waals surface area contributed by atoms with Gasteiger partial charge in [0.1, 0.15) is 5.82 Å². The van der Waals surface area contributed by atoms with Crippen LogP contribution in [0.5, 0.6) is 0 Å². The van der Waals surface area contributed by atoms with E-state index in [2.05, 4.69) is 29.1 Å². The maximum Gasteiger partial charge on any atom is 0.226 e. The highest BCUT2D eigenvalue weighted by atomic mass is 35.5. The molecule has 1 aliphatic rings. The molecule has 0 amide bonds. The van der Waals surface area contributed by atoms with Crippen LogP contribution in [0.4, 0.5) is 4.39 Å². The van der Waals surface area contributed by atoms with Crippen molar-refractivity contribution in [2.45, 2.75) is 44.6 Å². The first-order chi connectivity index (χ1) is 15.0. The molecule has 1 saturated carbocycles. The largest absolute Gasteiger partial charge is 0.339 e. The van der Waals surface area contributed by atoms with Crippen LogP contribution in [-0.2, 0) is 12.8 Å². The highest BCUT2D eigenvalue weighted by molar-refractivity contribution is 6.30. The molecule has 1 unspecified atom stereocenters. The second-order valence-electron chi connectivity index (χ2n) is 8.85. The van der Waals surface area contributed by atoms with Crippen molar-refractivity contribution in [1.82, 2.24) is 15.0 Å². The zero-order chi connectivity index (χ0) is 21.8. The zero-order valence-corrected chi connectivity index (χ0v) is 18.9. The number of rotatable bonds is 7. The second kappa shape index (κ2) is 9.92. The van der Waals surface area contributed by atoms with E-state index in [0.717, 1.165) is 54.4 Å². The van der Waals surface area contributed by atoms with Crippen molar-refractivity contribution in [1.29, 1.82) is 0 Å². The number of aromatic nitrogens is 2. The van der Waals surface area contributed by atoms with Crippen LogP contribution in [0, 0.1) is 17.7 Å². The average Bonchev–Trinajstić information content (AvgIpc) is 3.19. The van der Waals surface area contributed by atoms with Gasteiger partial charge in [0.25, 0.3) is 0 Å². The van der Waals surface area contributed by atoms with Crippen LogP contribution in [-0.4, -0.2) is 29.1 Å². The summed E-state index contributed by atoms with van der Waals surface area (Å²) in [6, 6.07) is 15.0. The third kappa shape index (κ3) is 5.72. The minimum atomic E-state index is -0.181. The van der Waals surface area contributed by atoms with Gasteiger partial charge in [0.15, 0.2) is 5.82 Å². The number of hydrogen-bond acceptors (Lipinski definition) is 4. The molecular weight excluding hydrogens is 413 g/mol. The fourth-order valence-corrected chi connectivity index (χ4v) is 4.96. The van der Waals surface area contributed by atoms with Crippen LogP contribution in [0.25, 0.3) is 0 Å². The Balaban J connectivity index is 1.32. The Labute approximate surface area is 188 Å². The third-order valence-electron chi connectivity index (χ3n) is 6.35. The lowest BCUT2D eigenvalue weighted by Gasteiger charge is -2.37. The first-order valence-corrected chi connectivity index (χ1v) is 11.3. The molecule has 164 valence electrons. The quantitative estimate of drug-likeness (QED) is 0.444. The van der Waals surface area contributed by atoms with Crippen molar-refractivity contribution in [2.75, 3.05) is 14.1 Å². The van der Waals surface area contributed by atoms with E-state index in [9.17, 15) is 4.39 Å². The number of benzene rings is 2. The van der Waals surface area contributed by atoms with Crippen LogP contribution in [0.2, 0.25) is 5.02 Å². The van der Waals surface area contributed by atoms with Crippen LogP contribution in [0.3, 0.4) is 0 Å². The normalized spacial score (nSPS) is 20.2. The molecule has 6 heteroatoms. The van der Waals surface area contributed by atoms with Crippen molar-refractivity contribution >= 4 is 11.6 Å². The van der Waals surface area contributed by atoms with E-state index in [0.29, 0.717) is 24.3 Å². The lowest BCUT2D eigenvalue weighted by atomic mass is 9.75. The maximum absolute atomic E-state index is 13.4. The average molecular weight is 442 g/mol. The van der Waals surface area contributed by atoms with Crippen LogP contribution in [0.15, 0.2) is 53.1 Å². The first-order valence-electron chi connectivity index (χ1n) is 11.0. The predicted octanol–water partition coefficient (Wildman–Crippen LogP) is 6.10. The molecule has 4 nitrogen and oxygen atoms in total. The number of hydrogen-bond donors (Lipinski definition) is 0. The minimum absolute atomic E-state index is 0.181. The molecule has 1 aromatic heterocycles. The summed E-state index contributed by atoms with van der Waals surface area (Å²) in [4.78, 5) is 6.87. The van der Waals surface area contributed by atoms with Crippen molar-refractivity contribution in [3.05, 3.63) is 82.2 Å². The Bertz CT molecular complexity index is 963. The molecule has 1 fully saturated rings. The van der Waals surface area contributed by atoms with E-state index in [1.54, 1.807) is 12.1 Å². The van der Waals surface area contributed by atoms with Gasteiger partial charge in [0.2, 0.25) is 5.89 Å². The van der Waals surface area contributed by atoms with Gasteiger partial charge in [-0.15, -0.1) is 0 Å². The molecule has 1 atom stereocenters. The molecule has 0 spiro atoms. The van der Waals surface area contributed by atoms with Gasteiger partial charge in [-0.3, -0.25) is 0 Å². The fourth-order valence-electron chi connectivity index (χ4n) is 4.84. The van der Waals surface area contributed by atoms with Crippen molar-refractivity contribution < 1.29 is 8.91 Å². The van der Waals surface area contributed by atoms with Crippen LogP contribution < -0.4 is 0 Å². The molecule has 2 aromatic carbocycles. The molecule has 31 heavy (non-hydrogen) atoms. The molecule has 3 aromatic rings. The van der Waals surface area contributed by atoms with Crippen LogP contribution in [0.1, 0.15) is 54.6 Å². The molecule has 0 aliphatic heterocycles. The highest BCUT2D eigenvalue weighted by Gasteiger charge is 2.30. The maximum atomic E-state index is 13.4. The summed E-state index contributed by atoms with van der Waals surface area (Å²) in [5, 5.41) is 4.88. The van der Waals surface area contributed by atoms with Gasteiger partial charge in [-0.25, -0.2) is 4.39 Å². The van der Waals surface area contributed by atoms with Gasteiger partial charge in [0, 0.05) is 23.9 Å². The second-order valence-corrected chi connectivity index (χ2v) is 9.29. The Kier molecular flexibility index (Phi) is 7.03. The van der Waals surface area contributed by atoms with E-state index >= 15 is 0 Å². The molecule has 1 aliphatic carbocycles. The zero-order valence-electron chi connectivity index (χ0n) is 18.1. The van der Waals surface area contributed by atoms with E-state index < -0.39 is 0 Å². The monoisotopic (exact) mass is 441 g/mol. The fraction of sp³-hybridized carbons (Fsp3) is 0.440. The van der Waals surface area contributed by atoms with E-state index in [4.69, 9.17) is 16.1 Å². The summed E-state index contributed by atoms with van der Waals surface area (Å²) in [5.74, 6) is 2.40. The predicted molar refractivity (Wildman–Crippen MR) is 121 cm³/mol. The van der Waals surface area contributed by atoms with Gasteiger partial charge < -0.3 is 9.42 Å². The molecule has 0 N–H and O–H groups in total. The molecule has 0 saturated heterocycles. The summed E-state index contributed by atoms with van der Waals surface area (Å²) >= 11 is 5.95. The smallest absolute Gasteiger partial charge is 0.226 e. The topological polar surface area (TPSA) is 42.2 Å². The van der Waals surface area contributed by atoms with Crippen molar-refractivity contribution in [3.63, 3.8) is 0 Å². The Hall–Kier alpha value is -2.24. The summed E-state index contributed by atoms with van der Waals surface area (Å²) in [6.45, 7) is 0. The number of nitrogens with zero attached hydrogens (tertiary/aromatic N) is 3. The van der Waals surface area contributed by atoms with Crippen LogP contribution >= 0.6 is 11.6 Å². The highest BCUT2D eigenvalue weighted by Crippen LogP contribution is 2.40. The SMILES string of the molecule is CN(C)C(c1ccc(F)cc1)C1CCC(Cc2nc(Cc3ccc(Cl)cc3)no2)CC1. The summed E-state index contributed by atoms with van der Waals surface area (Å²) in [7, 11) is 4.22. The van der Waals surface area contributed by atoms with Gasteiger partial charge in [-0.05, 0) is 87.0 Å². The van der Waals surface area contributed by atoms with Gasteiger partial charge >= 0.3 is 0 Å². The molecule has 4 rings (SSSR count). The number of halogens is 2. The van der Waals surface area contributed by atoms with E-state index in [-0.39, 0.29) is 5.82 Å². The Morgan fingerprint density at radius 3 is 2.35 bits per heavy atom. The van der Waals surface area contributed by atoms with Gasteiger partial charge in [0.05, 0.1) is 0 Å². The Morgan fingerprint density at radius 1 is 1.03 bits per heavy atom. The molecule has 1 heterocycles. The van der Waals surface area contributed by atoms with E-state index in [1.165, 1.54) is 5.56 Å². The third-order valence-corrected chi connectivity index (χ3v) is 6.61. The van der Waals surface area contributed by atoms with Gasteiger partial charge in [-0.2, -0.15) is 4.98 Å². The molecule has 0 radical (unpaired) electrons. The van der Waals surface area contributed by atoms with Crippen molar-refractivity contribution in [2.24, 2.45) is 11.8 Å². The lowest BCUT2D eigenvalue weighted by molar-refractivity contribution is 0.146. The lowest BCUT2D eigenvalue weighted by Crippen LogP contribution is -2.30. The molecule has 0 bridgehead atoms. The Morgan fingerprint density at radius 2 is 1.71 bits per heavy atom. The summed E-state index contributed by atoms with van der Waals surface area (Å²) in [6.07, 6.45) is 6.07. The summed E-state index contributed by atoms with van der Waals surface area (Å²) < 4.78 is 18.9. The minimum Gasteiger partial charge on any atom is -0.339 e. The summed E-state index contributed by atoms with van der Waals surface area (Å²) in [5.41, 5.74) is 2.31. The molecular formula is C25H29ClFN3O.